The second kappa shape index (κ2) is 9.03. The lowest BCUT2D eigenvalue weighted by Gasteiger charge is -2.35. The van der Waals surface area contributed by atoms with Gasteiger partial charge in [0.1, 0.15) is 16.8 Å². The van der Waals surface area contributed by atoms with Gasteiger partial charge in [-0.15, -0.1) is 0 Å². The third-order valence-electron chi connectivity index (χ3n) is 5.88. The summed E-state index contributed by atoms with van der Waals surface area (Å²) >= 11 is 6.11. The van der Waals surface area contributed by atoms with Crippen LogP contribution in [0.5, 0.6) is 0 Å². The minimum atomic E-state index is -4.00. The van der Waals surface area contributed by atoms with Gasteiger partial charge in [0.15, 0.2) is 0 Å². The van der Waals surface area contributed by atoms with Crippen molar-refractivity contribution >= 4 is 33.3 Å². The highest BCUT2D eigenvalue weighted by atomic mass is 35.5. The number of nitrogens with zero attached hydrogens (tertiary/aromatic N) is 4. The smallest absolute Gasteiger partial charge is 0.252 e. The van der Waals surface area contributed by atoms with E-state index in [0.717, 1.165) is 45.0 Å². The molecule has 2 aliphatic rings. The molecule has 1 unspecified atom stereocenters. The van der Waals surface area contributed by atoms with Crippen LogP contribution in [0, 0.1) is 11.3 Å². The van der Waals surface area contributed by atoms with Crippen LogP contribution in [0.2, 0.25) is 5.02 Å². The molecule has 2 aromatic rings. The van der Waals surface area contributed by atoms with Crippen molar-refractivity contribution in [1.82, 2.24) is 15.2 Å². The summed E-state index contributed by atoms with van der Waals surface area (Å²) in [6, 6.07) is 8.31. The van der Waals surface area contributed by atoms with Crippen molar-refractivity contribution in [3.8, 4) is 6.07 Å². The predicted molar refractivity (Wildman–Crippen MR) is 120 cm³/mol. The Morgan fingerprint density at radius 1 is 1.28 bits per heavy atom. The number of hydrogen-bond acceptors (Lipinski definition) is 7. The molecule has 2 aliphatic heterocycles. The van der Waals surface area contributed by atoms with Crippen LogP contribution in [0.1, 0.15) is 40.4 Å². The molecule has 0 radical (unpaired) electrons. The fourth-order valence-electron chi connectivity index (χ4n) is 4.25. The van der Waals surface area contributed by atoms with E-state index in [2.05, 4.69) is 26.2 Å². The summed E-state index contributed by atoms with van der Waals surface area (Å²) in [4.78, 5) is 20.9. The van der Waals surface area contributed by atoms with Crippen molar-refractivity contribution in [1.29, 1.82) is 5.26 Å². The molecule has 0 spiro atoms. The molecule has 168 valence electrons. The molecular weight excluding hydrogens is 452 g/mol. The predicted octanol–water partition coefficient (Wildman–Crippen LogP) is 1.64. The van der Waals surface area contributed by atoms with Crippen LogP contribution in [0.15, 0.2) is 35.4 Å². The van der Waals surface area contributed by atoms with Crippen molar-refractivity contribution in [2.75, 3.05) is 37.6 Å². The maximum absolute atomic E-state index is 12.3. The lowest BCUT2D eigenvalue weighted by molar-refractivity contribution is 0.0954. The zero-order valence-corrected chi connectivity index (χ0v) is 18.9. The minimum Gasteiger partial charge on any atom is -0.353 e. The van der Waals surface area contributed by atoms with Gasteiger partial charge in [-0.2, -0.15) is 5.26 Å². The van der Waals surface area contributed by atoms with Gasteiger partial charge in [-0.25, -0.2) is 18.5 Å². The number of anilines is 1. The third-order valence-corrected chi connectivity index (χ3v) is 7.26. The standard InChI is InChI=1S/C21H23ClN6O3S/c22-17-11-15-16(12-19(17)32(24,30)31)21(29)26-18(15)4-2-6-27-7-9-28(10-8-27)20-14(13-23)3-1-5-25-20/h1,3,5,11-12,18H,2,4,6-10H2,(H,26,29)(H2,24,30,31). The number of primary sulfonamides is 1. The average Bonchev–Trinajstić information content (AvgIpc) is 3.07. The fourth-order valence-corrected chi connectivity index (χ4v) is 5.36. The van der Waals surface area contributed by atoms with E-state index < -0.39 is 10.0 Å². The number of piperazine rings is 1. The topological polar surface area (TPSA) is 132 Å². The molecule has 1 saturated heterocycles. The SMILES string of the molecule is N#Cc1cccnc1N1CCN(CCCC2NC(=O)c3cc(S(N)(=O)=O)c(Cl)cc32)CC1. The molecule has 3 heterocycles. The van der Waals surface area contributed by atoms with Crippen molar-refractivity contribution < 1.29 is 13.2 Å². The van der Waals surface area contributed by atoms with Crippen molar-refractivity contribution in [3.63, 3.8) is 0 Å². The molecular formula is C21H23ClN6O3S. The highest BCUT2D eigenvalue weighted by Gasteiger charge is 2.31. The summed E-state index contributed by atoms with van der Waals surface area (Å²) in [7, 11) is -4.00. The lowest BCUT2D eigenvalue weighted by atomic mass is 10.0. The van der Waals surface area contributed by atoms with E-state index in [1.807, 2.05) is 0 Å². The van der Waals surface area contributed by atoms with Crippen molar-refractivity contribution in [2.45, 2.75) is 23.8 Å². The Morgan fingerprint density at radius 3 is 2.72 bits per heavy atom. The van der Waals surface area contributed by atoms with Gasteiger partial charge in [0.05, 0.1) is 16.6 Å². The van der Waals surface area contributed by atoms with Gasteiger partial charge in [-0.1, -0.05) is 11.6 Å². The number of carbonyl (C=O) groups is 1. The van der Waals surface area contributed by atoms with Gasteiger partial charge in [-0.3, -0.25) is 9.69 Å². The summed E-state index contributed by atoms with van der Waals surface area (Å²) in [6.07, 6.45) is 3.27. The molecule has 11 heteroatoms. The quantitative estimate of drug-likeness (QED) is 0.650. The van der Waals surface area contributed by atoms with E-state index in [4.69, 9.17) is 16.7 Å². The van der Waals surface area contributed by atoms with Gasteiger partial charge in [0.2, 0.25) is 10.0 Å². The Labute approximate surface area is 191 Å². The first kappa shape index (κ1) is 22.5. The summed E-state index contributed by atoms with van der Waals surface area (Å²) in [6.45, 7) is 4.17. The van der Waals surface area contributed by atoms with E-state index in [1.165, 1.54) is 12.1 Å². The minimum absolute atomic E-state index is 0.0233. The number of amides is 1. The van der Waals surface area contributed by atoms with Crippen LogP contribution in [0.25, 0.3) is 0 Å². The van der Waals surface area contributed by atoms with Crippen LogP contribution in [-0.2, 0) is 10.0 Å². The van der Waals surface area contributed by atoms with Gasteiger partial charge < -0.3 is 10.2 Å². The summed E-state index contributed by atoms with van der Waals surface area (Å²) in [5, 5.41) is 17.4. The number of benzene rings is 1. The molecule has 1 aromatic heterocycles. The van der Waals surface area contributed by atoms with Gasteiger partial charge in [-0.05, 0) is 49.2 Å². The molecule has 1 atom stereocenters. The highest BCUT2D eigenvalue weighted by Crippen LogP contribution is 2.34. The van der Waals surface area contributed by atoms with Crippen LogP contribution < -0.4 is 15.4 Å². The van der Waals surface area contributed by atoms with Gasteiger partial charge >= 0.3 is 0 Å². The number of pyridine rings is 1. The number of nitriles is 1. The Balaban J connectivity index is 1.33. The summed E-state index contributed by atoms with van der Waals surface area (Å²) < 4.78 is 23.3. The first-order valence-electron chi connectivity index (χ1n) is 10.3. The Bertz CT molecular complexity index is 1190. The molecule has 4 rings (SSSR count). The van der Waals surface area contributed by atoms with Crippen molar-refractivity contribution in [2.24, 2.45) is 5.14 Å². The number of nitrogens with two attached hydrogens (primary N) is 1. The number of nitrogens with one attached hydrogen (secondary N) is 1. The zero-order chi connectivity index (χ0) is 22.9. The second-order valence-electron chi connectivity index (χ2n) is 7.90. The average molecular weight is 475 g/mol. The molecule has 0 bridgehead atoms. The number of carbonyl (C=O) groups excluding carboxylic acids is 1. The number of hydrogen-bond donors (Lipinski definition) is 2. The van der Waals surface area contributed by atoms with E-state index in [-0.39, 0.29) is 21.9 Å². The maximum atomic E-state index is 12.3. The number of sulfonamides is 1. The van der Waals surface area contributed by atoms with Crippen molar-refractivity contribution in [3.05, 3.63) is 52.2 Å². The Kier molecular flexibility index (Phi) is 6.35. The lowest BCUT2D eigenvalue weighted by Crippen LogP contribution is -2.47. The fraction of sp³-hybridized carbons (Fsp3) is 0.381. The first-order chi connectivity index (χ1) is 15.3. The van der Waals surface area contributed by atoms with Gasteiger partial charge in [0.25, 0.3) is 5.91 Å². The number of halogens is 1. The van der Waals surface area contributed by atoms with E-state index in [0.29, 0.717) is 23.1 Å². The molecule has 9 nitrogen and oxygen atoms in total. The molecule has 1 fully saturated rings. The largest absolute Gasteiger partial charge is 0.353 e. The van der Waals surface area contributed by atoms with Crippen LogP contribution in [-0.4, -0.2) is 56.9 Å². The zero-order valence-electron chi connectivity index (χ0n) is 17.3. The molecule has 1 aromatic carbocycles. The molecule has 32 heavy (non-hydrogen) atoms. The molecule has 3 N–H and O–H groups in total. The van der Waals surface area contributed by atoms with Crippen LogP contribution in [0.3, 0.4) is 0 Å². The van der Waals surface area contributed by atoms with Crippen LogP contribution >= 0.6 is 11.6 Å². The van der Waals surface area contributed by atoms with E-state index >= 15 is 0 Å². The summed E-state index contributed by atoms with van der Waals surface area (Å²) in [5.41, 5.74) is 1.60. The van der Waals surface area contributed by atoms with Crippen LogP contribution in [0.4, 0.5) is 5.82 Å². The van der Waals surface area contributed by atoms with E-state index in [9.17, 15) is 18.5 Å². The first-order valence-corrected chi connectivity index (χ1v) is 12.2. The van der Waals surface area contributed by atoms with E-state index in [1.54, 1.807) is 18.3 Å². The third kappa shape index (κ3) is 4.56. The normalized spacial score (nSPS) is 18.8. The second-order valence-corrected chi connectivity index (χ2v) is 9.84. The number of aromatic nitrogens is 1. The highest BCUT2D eigenvalue weighted by molar-refractivity contribution is 7.89. The number of fused-ring (bicyclic) bond motifs is 1. The molecule has 0 saturated carbocycles. The Morgan fingerprint density at radius 2 is 2.03 bits per heavy atom. The van der Waals surface area contributed by atoms with Gasteiger partial charge in [0, 0.05) is 37.9 Å². The maximum Gasteiger partial charge on any atom is 0.252 e. The molecule has 0 aliphatic carbocycles. The number of rotatable bonds is 6. The summed E-state index contributed by atoms with van der Waals surface area (Å²) in [5.74, 6) is 0.416. The monoisotopic (exact) mass is 474 g/mol. The Hall–Kier alpha value is -2.71. The molecule has 1 amide bonds.